The van der Waals surface area contributed by atoms with Gasteiger partial charge in [-0.3, -0.25) is 0 Å². The number of rotatable bonds is 1. The molecule has 3 heteroatoms. The van der Waals surface area contributed by atoms with E-state index in [0.717, 1.165) is 6.08 Å². The molecule has 0 saturated heterocycles. The van der Waals surface area contributed by atoms with E-state index in [1.54, 1.807) is 0 Å². The summed E-state index contributed by atoms with van der Waals surface area (Å²) in [6.45, 7) is 0. The molecule has 0 aliphatic heterocycles. The maximum Gasteiger partial charge on any atom is 0.331 e. The number of carbonyl (C=O) groups is 1. The van der Waals surface area contributed by atoms with Crippen molar-refractivity contribution < 1.29 is 16.4 Å². The summed E-state index contributed by atoms with van der Waals surface area (Å²) in [6, 6.07) is 0. The van der Waals surface area contributed by atoms with Crippen LogP contribution in [0.15, 0.2) is 11.6 Å². The summed E-state index contributed by atoms with van der Waals surface area (Å²) in [5.41, 5.74) is 0.137. The van der Waals surface area contributed by atoms with Gasteiger partial charge in [0.15, 0.2) is 0 Å². The van der Waals surface area contributed by atoms with Crippen LogP contribution < -0.4 is 0 Å². The van der Waals surface area contributed by atoms with Crippen LogP contribution in [0.3, 0.4) is 0 Å². The lowest BCUT2D eigenvalue weighted by Gasteiger charge is -1.89. The highest BCUT2D eigenvalue weighted by Crippen LogP contribution is 2.17. The van der Waals surface area contributed by atoms with Gasteiger partial charge in [0.2, 0.25) is 0 Å². The summed E-state index contributed by atoms with van der Waals surface area (Å²) in [7, 11) is 0. The van der Waals surface area contributed by atoms with Crippen LogP contribution in [0.25, 0.3) is 0 Å². The molecule has 0 heterocycles. The van der Waals surface area contributed by atoms with Crippen LogP contribution in [0, 0.1) is 0 Å². The number of carboxylic acid groups (broad SMARTS) is 1. The number of aliphatic hydroxyl groups is 1. The van der Waals surface area contributed by atoms with Crippen LogP contribution in [-0.2, 0) is 4.79 Å². The molecule has 2 N–H and O–H groups in total. The molecule has 0 fully saturated rings. The smallest absolute Gasteiger partial charge is 0.331 e. The van der Waals surface area contributed by atoms with Crippen molar-refractivity contribution in [3.05, 3.63) is 11.6 Å². The molecule has 9 heavy (non-hydrogen) atoms. The average Bonchev–Trinajstić information content (AvgIpc) is 2.10. The van der Waals surface area contributed by atoms with E-state index < -0.39 is 12.0 Å². The molecule has 0 bridgehead atoms. The zero-order valence-corrected chi connectivity index (χ0v) is 4.79. The van der Waals surface area contributed by atoms with Crippen molar-refractivity contribution >= 4 is 5.97 Å². The molecule has 1 aliphatic carbocycles. The summed E-state index contributed by atoms with van der Waals surface area (Å²) >= 11 is 0. The van der Waals surface area contributed by atoms with E-state index in [2.05, 4.69) is 0 Å². The standard InChI is InChI=1S/C6H8O3/c7-5-2-1-4(3-5)6(8)9/h3,5,7H,1-2H2,(H,8,9)/i5T. The number of aliphatic carboxylic acids is 1. The fraction of sp³-hybridized carbons (Fsp3) is 0.500. The minimum Gasteiger partial charge on any atom is -0.478 e. The minimum absolute atomic E-state index is 0.137. The molecule has 1 unspecified atom stereocenters. The average molecular weight is 130 g/mol. The highest BCUT2D eigenvalue weighted by Gasteiger charge is 2.17. The maximum absolute atomic E-state index is 10.2. The molecule has 0 radical (unpaired) electrons. The molecule has 3 nitrogen and oxygen atoms in total. The molecular formula is C6H8O3. The SMILES string of the molecule is [3H]C1(O)C=C(C(=O)O)CC1. The third kappa shape index (κ3) is 1.29. The van der Waals surface area contributed by atoms with Crippen molar-refractivity contribution in [3.63, 3.8) is 0 Å². The van der Waals surface area contributed by atoms with Gasteiger partial charge in [-0.05, 0) is 18.9 Å². The quantitative estimate of drug-likeness (QED) is 0.531. The molecule has 0 aromatic rings. The van der Waals surface area contributed by atoms with Gasteiger partial charge in [0.1, 0.15) is 0 Å². The van der Waals surface area contributed by atoms with Gasteiger partial charge in [-0.15, -0.1) is 0 Å². The Morgan fingerprint density at radius 3 is 2.89 bits per heavy atom. The Bertz CT molecular complexity index is 195. The summed E-state index contributed by atoms with van der Waals surface area (Å²) < 4.78 is 7.03. The zero-order valence-electron chi connectivity index (χ0n) is 5.79. The van der Waals surface area contributed by atoms with Gasteiger partial charge in [0, 0.05) is 5.57 Å². The van der Waals surface area contributed by atoms with E-state index in [-0.39, 0.29) is 18.4 Å². The van der Waals surface area contributed by atoms with Crippen LogP contribution >= 0.6 is 0 Å². The number of hydrogen-bond donors (Lipinski definition) is 2. The monoisotopic (exact) mass is 130 g/mol. The second-order valence-electron chi connectivity index (χ2n) is 1.97. The lowest BCUT2D eigenvalue weighted by molar-refractivity contribution is -0.132. The van der Waals surface area contributed by atoms with Crippen LogP contribution in [0.5, 0.6) is 0 Å². The molecule has 1 rings (SSSR count). The third-order valence-corrected chi connectivity index (χ3v) is 1.27. The van der Waals surface area contributed by atoms with Gasteiger partial charge in [-0.2, -0.15) is 0 Å². The van der Waals surface area contributed by atoms with Crippen molar-refractivity contribution in [1.82, 2.24) is 0 Å². The summed E-state index contributed by atoms with van der Waals surface area (Å²) in [4.78, 5) is 10.2. The summed E-state index contributed by atoms with van der Waals surface area (Å²) in [6.07, 6.45) is -0.0903. The zero-order chi connectivity index (χ0) is 7.78. The molecule has 0 saturated carbocycles. The first-order valence-corrected chi connectivity index (χ1v) is 2.69. The van der Waals surface area contributed by atoms with E-state index in [1.807, 2.05) is 0 Å². The van der Waals surface area contributed by atoms with E-state index >= 15 is 0 Å². The van der Waals surface area contributed by atoms with E-state index in [9.17, 15) is 4.79 Å². The minimum atomic E-state index is -1.65. The molecule has 1 aliphatic rings. The molecule has 0 aromatic carbocycles. The Labute approximate surface area is 54.0 Å². The van der Waals surface area contributed by atoms with Crippen molar-refractivity contribution in [1.29, 1.82) is 0 Å². The van der Waals surface area contributed by atoms with Gasteiger partial charge in [-0.1, -0.05) is 0 Å². The van der Waals surface area contributed by atoms with Crippen LogP contribution in [-0.4, -0.2) is 22.3 Å². The maximum atomic E-state index is 10.2. The lowest BCUT2D eigenvalue weighted by Crippen LogP contribution is -1.96. The van der Waals surface area contributed by atoms with E-state index in [4.69, 9.17) is 11.6 Å². The van der Waals surface area contributed by atoms with Crippen molar-refractivity contribution in [2.24, 2.45) is 0 Å². The Morgan fingerprint density at radius 1 is 2.00 bits per heavy atom. The van der Waals surface area contributed by atoms with Crippen molar-refractivity contribution in [3.8, 4) is 0 Å². The largest absolute Gasteiger partial charge is 0.478 e. The molecule has 0 amide bonds. The second kappa shape index (κ2) is 2.19. The first kappa shape index (κ1) is 4.99. The van der Waals surface area contributed by atoms with Crippen LogP contribution in [0.4, 0.5) is 0 Å². The predicted octanol–water partition coefficient (Wildman–Crippen LogP) is 0.152. The van der Waals surface area contributed by atoms with Gasteiger partial charge in [-0.25, -0.2) is 4.79 Å². The second-order valence-corrected chi connectivity index (χ2v) is 1.97. The van der Waals surface area contributed by atoms with Crippen molar-refractivity contribution in [2.75, 3.05) is 0 Å². The first-order valence-electron chi connectivity index (χ1n) is 3.19. The van der Waals surface area contributed by atoms with Crippen molar-refractivity contribution in [2.45, 2.75) is 18.9 Å². The normalized spacial score (nSPS) is 35.7. The van der Waals surface area contributed by atoms with Gasteiger partial charge < -0.3 is 10.2 Å². The Morgan fingerprint density at radius 2 is 2.67 bits per heavy atom. The molecule has 0 aromatic heterocycles. The molecule has 1 atom stereocenters. The highest BCUT2D eigenvalue weighted by atomic mass is 16.4. The first-order chi connectivity index (χ1) is 4.51. The van der Waals surface area contributed by atoms with E-state index in [0.29, 0.717) is 0 Å². The number of hydrogen-bond acceptors (Lipinski definition) is 2. The summed E-state index contributed by atoms with van der Waals surface area (Å²) in [5.74, 6) is -1.04. The molecular weight excluding hydrogens is 120 g/mol. The third-order valence-electron chi connectivity index (χ3n) is 1.27. The van der Waals surface area contributed by atoms with Gasteiger partial charge in [0.05, 0.1) is 7.45 Å². The topological polar surface area (TPSA) is 57.5 Å². The fourth-order valence-electron chi connectivity index (χ4n) is 0.777. The summed E-state index contributed by atoms with van der Waals surface area (Å²) in [5, 5.41) is 17.3. The Kier molecular flexibility index (Phi) is 1.21. The van der Waals surface area contributed by atoms with Crippen LogP contribution in [0.1, 0.15) is 14.2 Å². The van der Waals surface area contributed by atoms with Crippen LogP contribution in [0.2, 0.25) is 0 Å². The van der Waals surface area contributed by atoms with E-state index in [1.165, 1.54) is 0 Å². The molecule has 50 valence electrons. The van der Waals surface area contributed by atoms with Gasteiger partial charge in [0.25, 0.3) is 0 Å². The number of carboxylic acids is 1. The Hall–Kier alpha value is -0.830. The molecule has 0 spiro atoms. The fourth-order valence-corrected chi connectivity index (χ4v) is 0.777. The van der Waals surface area contributed by atoms with Gasteiger partial charge >= 0.3 is 5.97 Å². The predicted molar refractivity (Wildman–Crippen MR) is 31.0 cm³/mol. The highest BCUT2D eigenvalue weighted by molar-refractivity contribution is 5.87. The lowest BCUT2D eigenvalue weighted by atomic mass is 10.2. The Balaban J connectivity index is 2.76.